The summed E-state index contributed by atoms with van der Waals surface area (Å²) < 4.78 is 0. The van der Waals surface area contributed by atoms with Crippen LogP contribution in [-0.2, 0) is 6.42 Å². The summed E-state index contributed by atoms with van der Waals surface area (Å²) in [5.74, 6) is 0. The molecule has 2 aliphatic rings. The van der Waals surface area contributed by atoms with Crippen molar-refractivity contribution in [3.63, 3.8) is 0 Å². The van der Waals surface area contributed by atoms with Gasteiger partial charge in [0, 0.05) is 22.8 Å². The van der Waals surface area contributed by atoms with Gasteiger partial charge in [-0.2, -0.15) is 0 Å². The van der Waals surface area contributed by atoms with Crippen molar-refractivity contribution in [1.82, 2.24) is 10.3 Å². The number of nitrogens with zero attached hydrogens (tertiary/aromatic N) is 1. The third kappa shape index (κ3) is 1.72. The molecular formula is C13H18N2S. The van der Waals surface area contributed by atoms with Gasteiger partial charge in [0.15, 0.2) is 0 Å². The minimum absolute atomic E-state index is 0.265. The topological polar surface area (TPSA) is 24.9 Å². The maximum absolute atomic E-state index is 4.49. The van der Waals surface area contributed by atoms with Gasteiger partial charge in [-0.15, -0.1) is 11.3 Å². The van der Waals surface area contributed by atoms with E-state index in [2.05, 4.69) is 29.4 Å². The van der Waals surface area contributed by atoms with Crippen LogP contribution in [0.15, 0.2) is 11.6 Å². The smallest absolute Gasteiger partial charge is 0.0801 e. The summed E-state index contributed by atoms with van der Waals surface area (Å²) >= 11 is 1.75. The van der Waals surface area contributed by atoms with Crippen molar-refractivity contribution in [2.75, 3.05) is 6.54 Å². The quantitative estimate of drug-likeness (QED) is 0.808. The molecule has 1 aliphatic carbocycles. The van der Waals surface area contributed by atoms with Crippen LogP contribution in [0.3, 0.4) is 0 Å². The van der Waals surface area contributed by atoms with Crippen molar-refractivity contribution in [3.8, 4) is 0 Å². The average molecular weight is 234 g/mol. The Kier molecular flexibility index (Phi) is 2.60. The Bertz CT molecular complexity index is 404. The van der Waals surface area contributed by atoms with Crippen LogP contribution in [0.4, 0.5) is 0 Å². The highest BCUT2D eigenvalue weighted by molar-refractivity contribution is 7.10. The lowest BCUT2D eigenvalue weighted by molar-refractivity contribution is 0.233. The number of fused-ring (bicyclic) bond motifs is 1. The first-order valence-electron chi connectivity index (χ1n) is 6.13. The first-order valence-corrected chi connectivity index (χ1v) is 7.01. The number of aromatic nitrogens is 1. The first kappa shape index (κ1) is 10.5. The molecule has 1 N–H and O–H groups in total. The zero-order valence-electron chi connectivity index (χ0n) is 9.70. The molecule has 0 spiro atoms. The Morgan fingerprint density at radius 2 is 2.44 bits per heavy atom. The fourth-order valence-corrected chi connectivity index (χ4v) is 3.59. The van der Waals surface area contributed by atoms with Crippen LogP contribution in [0.1, 0.15) is 36.8 Å². The number of rotatable bonds is 1. The lowest BCUT2D eigenvalue weighted by atomic mass is 9.73. The maximum atomic E-state index is 4.49. The van der Waals surface area contributed by atoms with E-state index in [1.54, 1.807) is 11.3 Å². The second-order valence-electron chi connectivity index (χ2n) is 5.18. The van der Waals surface area contributed by atoms with Gasteiger partial charge in [-0.05, 0) is 25.5 Å². The molecule has 1 aromatic rings. The zero-order chi connectivity index (χ0) is 11.0. The molecule has 2 atom stereocenters. The molecule has 0 aromatic carbocycles. The lowest BCUT2D eigenvalue weighted by Crippen LogP contribution is -2.47. The fraction of sp³-hybridized carbons (Fsp3) is 0.615. The van der Waals surface area contributed by atoms with E-state index >= 15 is 0 Å². The molecule has 2 nitrogen and oxygen atoms in total. The van der Waals surface area contributed by atoms with Crippen molar-refractivity contribution >= 4 is 17.4 Å². The molecule has 1 unspecified atom stereocenters. The molecule has 1 aliphatic heterocycles. The van der Waals surface area contributed by atoms with Crippen LogP contribution in [0.5, 0.6) is 0 Å². The van der Waals surface area contributed by atoms with Gasteiger partial charge in [-0.1, -0.05) is 19.4 Å². The summed E-state index contributed by atoms with van der Waals surface area (Å²) in [5, 5.41) is 3.68. The van der Waals surface area contributed by atoms with Crippen molar-refractivity contribution in [3.05, 3.63) is 22.2 Å². The summed E-state index contributed by atoms with van der Waals surface area (Å²) in [6.07, 6.45) is 9.77. The Morgan fingerprint density at radius 1 is 1.50 bits per heavy atom. The Morgan fingerprint density at radius 3 is 3.25 bits per heavy atom. The molecule has 1 aromatic heterocycles. The van der Waals surface area contributed by atoms with Gasteiger partial charge in [0.2, 0.25) is 0 Å². The molecule has 3 rings (SSSR count). The standard InChI is InChI=1S/C13H18N2S/c1-13(12-4-2-3-7-14-12)6-5-11-10(8-13)15-9-16-11/h5-6,9,12,14H,2-4,7-8H2,1H3/t12-,13?/m0/s1. The van der Waals surface area contributed by atoms with E-state index in [9.17, 15) is 0 Å². The van der Waals surface area contributed by atoms with E-state index in [1.807, 2.05) is 5.51 Å². The van der Waals surface area contributed by atoms with Crippen molar-refractivity contribution in [2.24, 2.45) is 5.41 Å². The summed E-state index contributed by atoms with van der Waals surface area (Å²) in [4.78, 5) is 5.84. The largest absolute Gasteiger partial charge is 0.313 e. The van der Waals surface area contributed by atoms with Crippen LogP contribution < -0.4 is 5.32 Å². The minimum atomic E-state index is 0.265. The van der Waals surface area contributed by atoms with E-state index in [1.165, 1.54) is 36.4 Å². The molecule has 0 amide bonds. The van der Waals surface area contributed by atoms with Crippen LogP contribution in [0.25, 0.3) is 6.08 Å². The first-order chi connectivity index (χ1) is 7.78. The molecular weight excluding hydrogens is 216 g/mol. The monoisotopic (exact) mass is 234 g/mol. The van der Waals surface area contributed by atoms with Crippen LogP contribution in [0, 0.1) is 5.41 Å². The third-order valence-corrected chi connectivity index (χ3v) is 4.78. The van der Waals surface area contributed by atoms with Crippen molar-refractivity contribution in [1.29, 1.82) is 0 Å². The van der Waals surface area contributed by atoms with Gasteiger partial charge in [0.25, 0.3) is 0 Å². The van der Waals surface area contributed by atoms with Gasteiger partial charge in [-0.3, -0.25) is 0 Å². The summed E-state index contributed by atoms with van der Waals surface area (Å²) in [6, 6.07) is 0.632. The van der Waals surface area contributed by atoms with E-state index in [0.29, 0.717) is 6.04 Å². The molecule has 1 saturated heterocycles. The lowest BCUT2D eigenvalue weighted by Gasteiger charge is -2.39. The summed E-state index contributed by atoms with van der Waals surface area (Å²) in [6.45, 7) is 3.55. The van der Waals surface area contributed by atoms with E-state index in [0.717, 1.165) is 6.42 Å². The van der Waals surface area contributed by atoms with Crippen LogP contribution in [-0.4, -0.2) is 17.6 Å². The normalized spacial score (nSPS) is 33.7. The highest BCUT2D eigenvalue weighted by Gasteiger charge is 2.35. The molecule has 3 heteroatoms. The van der Waals surface area contributed by atoms with Gasteiger partial charge in [0.05, 0.1) is 11.2 Å². The SMILES string of the molecule is CC1([C@@H]2CCCCN2)C=Cc2scnc2C1. The highest BCUT2D eigenvalue weighted by Crippen LogP contribution is 2.38. The zero-order valence-corrected chi connectivity index (χ0v) is 10.5. The highest BCUT2D eigenvalue weighted by atomic mass is 32.1. The van der Waals surface area contributed by atoms with Crippen molar-refractivity contribution < 1.29 is 0 Å². The van der Waals surface area contributed by atoms with Crippen LogP contribution in [0.2, 0.25) is 0 Å². The van der Waals surface area contributed by atoms with E-state index < -0.39 is 0 Å². The average Bonchev–Trinajstić information content (AvgIpc) is 2.77. The Hall–Kier alpha value is -0.670. The Balaban J connectivity index is 1.84. The summed E-state index contributed by atoms with van der Waals surface area (Å²) in [5.41, 5.74) is 3.53. The number of nitrogens with one attached hydrogen (secondary N) is 1. The predicted octanol–water partition coefficient (Wildman–Crippen LogP) is 2.86. The number of thiazole rings is 1. The fourth-order valence-electron chi connectivity index (χ4n) is 2.89. The number of hydrogen-bond donors (Lipinski definition) is 1. The van der Waals surface area contributed by atoms with Crippen molar-refractivity contribution in [2.45, 2.75) is 38.6 Å². The minimum Gasteiger partial charge on any atom is -0.313 e. The van der Waals surface area contributed by atoms with E-state index in [-0.39, 0.29) is 5.41 Å². The molecule has 0 radical (unpaired) electrons. The van der Waals surface area contributed by atoms with Gasteiger partial charge in [0.1, 0.15) is 0 Å². The predicted molar refractivity (Wildman–Crippen MR) is 68.6 cm³/mol. The van der Waals surface area contributed by atoms with Gasteiger partial charge < -0.3 is 5.32 Å². The second-order valence-corrected chi connectivity index (χ2v) is 6.07. The van der Waals surface area contributed by atoms with E-state index in [4.69, 9.17) is 0 Å². The second kappa shape index (κ2) is 3.97. The molecule has 1 fully saturated rings. The summed E-state index contributed by atoms with van der Waals surface area (Å²) in [7, 11) is 0. The molecule has 86 valence electrons. The number of hydrogen-bond acceptors (Lipinski definition) is 3. The van der Waals surface area contributed by atoms with Gasteiger partial charge in [-0.25, -0.2) is 4.98 Å². The number of piperidine rings is 1. The molecule has 16 heavy (non-hydrogen) atoms. The maximum Gasteiger partial charge on any atom is 0.0801 e. The third-order valence-electron chi connectivity index (χ3n) is 3.94. The molecule has 2 heterocycles. The van der Waals surface area contributed by atoms with Crippen LogP contribution >= 0.6 is 11.3 Å². The molecule has 0 bridgehead atoms. The van der Waals surface area contributed by atoms with Gasteiger partial charge >= 0.3 is 0 Å². The molecule has 0 saturated carbocycles. The Labute approximate surface area is 101 Å².